The fourth-order valence-electron chi connectivity index (χ4n) is 3.70. The van der Waals surface area contributed by atoms with Gasteiger partial charge in [0.05, 0.1) is 42.6 Å². The highest BCUT2D eigenvalue weighted by molar-refractivity contribution is 5.63. The van der Waals surface area contributed by atoms with E-state index in [4.69, 9.17) is 4.74 Å². The summed E-state index contributed by atoms with van der Waals surface area (Å²) in [5.74, 6) is -0.414. The van der Waals surface area contributed by atoms with Gasteiger partial charge in [0.2, 0.25) is 5.43 Å². The summed E-state index contributed by atoms with van der Waals surface area (Å²) in [4.78, 5) is 26.8. The summed E-state index contributed by atoms with van der Waals surface area (Å²) in [6, 6.07) is 9.09. The van der Waals surface area contributed by atoms with Gasteiger partial charge in [-0.1, -0.05) is 6.07 Å². The number of hydrogen-bond donors (Lipinski definition) is 1. The van der Waals surface area contributed by atoms with Crippen LogP contribution in [0.25, 0.3) is 17.3 Å². The molecule has 4 heterocycles. The lowest BCUT2D eigenvalue weighted by molar-refractivity contribution is -0.137. The molecule has 0 unspecified atom stereocenters. The summed E-state index contributed by atoms with van der Waals surface area (Å²) in [7, 11) is 0. The molecule has 9 nitrogen and oxygen atoms in total. The van der Waals surface area contributed by atoms with Crippen LogP contribution in [0.15, 0.2) is 65.8 Å². The van der Waals surface area contributed by atoms with E-state index in [1.807, 2.05) is 0 Å². The van der Waals surface area contributed by atoms with Gasteiger partial charge >= 0.3 is 6.18 Å². The van der Waals surface area contributed by atoms with E-state index < -0.39 is 23.0 Å². The van der Waals surface area contributed by atoms with E-state index in [1.165, 1.54) is 41.3 Å². The first-order valence-electron chi connectivity index (χ1n) is 11.1. The second kappa shape index (κ2) is 9.93. The normalized spacial score (nSPS) is 14.0. The molecular formula is C24H19F4N7O2. The highest BCUT2D eigenvalue weighted by atomic mass is 19.4. The predicted molar refractivity (Wildman–Crippen MR) is 126 cm³/mol. The van der Waals surface area contributed by atoms with Crippen LogP contribution in [0, 0.1) is 5.82 Å². The second-order valence-electron chi connectivity index (χ2n) is 8.05. The first-order chi connectivity index (χ1) is 17.8. The third-order valence-corrected chi connectivity index (χ3v) is 5.52. The number of hydrogen-bond acceptors (Lipinski definition) is 8. The Labute approximate surface area is 207 Å². The summed E-state index contributed by atoms with van der Waals surface area (Å²) >= 11 is 0. The van der Waals surface area contributed by atoms with Crippen LogP contribution in [0.4, 0.5) is 34.8 Å². The fraction of sp³-hybridized carbons (Fsp3) is 0.208. The van der Waals surface area contributed by atoms with Crippen molar-refractivity contribution in [2.24, 2.45) is 0 Å². The van der Waals surface area contributed by atoms with Crippen LogP contribution in [0.3, 0.4) is 0 Å². The Morgan fingerprint density at radius 3 is 2.51 bits per heavy atom. The lowest BCUT2D eigenvalue weighted by Gasteiger charge is -2.28. The topological polar surface area (TPSA) is 98.1 Å². The van der Waals surface area contributed by atoms with Crippen molar-refractivity contribution >= 4 is 17.2 Å². The smallest absolute Gasteiger partial charge is 0.378 e. The molecule has 0 spiro atoms. The zero-order valence-corrected chi connectivity index (χ0v) is 19.1. The van der Waals surface area contributed by atoms with Crippen molar-refractivity contribution in [3.05, 3.63) is 82.7 Å². The van der Waals surface area contributed by atoms with Gasteiger partial charge in [0.1, 0.15) is 0 Å². The van der Waals surface area contributed by atoms with E-state index in [0.717, 1.165) is 18.3 Å². The SMILES string of the molecule is O=c1ccn(-c2ncc(F)c(N3CCOCC3)n2)nc1-c1ccc(Nc2cccc(C(F)(F)F)c2)cn1. The molecule has 1 aliphatic rings. The van der Waals surface area contributed by atoms with Crippen LogP contribution < -0.4 is 15.6 Å². The van der Waals surface area contributed by atoms with Crippen LogP contribution >= 0.6 is 0 Å². The fourth-order valence-corrected chi connectivity index (χ4v) is 3.70. The number of anilines is 3. The van der Waals surface area contributed by atoms with Crippen LogP contribution in [0.5, 0.6) is 0 Å². The minimum atomic E-state index is -4.46. The first-order valence-corrected chi connectivity index (χ1v) is 11.1. The number of alkyl halides is 3. The van der Waals surface area contributed by atoms with E-state index >= 15 is 0 Å². The van der Waals surface area contributed by atoms with Crippen molar-refractivity contribution in [3.63, 3.8) is 0 Å². The molecule has 0 saturated carbocycles. The Bertz CT molecular complexity index is 1470. The third kappa shape index (κ3) is 5.40. The number of halogens is 4. The molecule has 1 saturated heterocycles. The van der Waals surface area contributed by atoms with E-state index in [0.29, 0.717) is 32.0 Å². The minimum absolute atomic E-state index is 0.00559. The Morgan fingerprint density at radius 1 is 0.973 bits per heavy atom. The third-order valence-electron chi connectivity index (χ3n) is 5.52. The van der Waals surface area contributed by atoms with E-state index in [1.54, 1.807) is 11.0 Å². The maximum atomic E-state index is 14.4. The zero-order chi connectivity index (χ0) is 26.0. The number of morpholine rings is 1. The number of pyridine rings is 1. The second-order valence-corrected chi connectivity index (χ2v) is 8.05. The summed E-state index contributed by atoms with van der Waals surface area (Å²) in [5, 5.41) is 7.14. The van der Waals surface area contributed by atoms with Crippen molar-refractivity contribution < 1.29 is 22.3 Å². The molecule has 3 aromatic heterocycles. The monoisotopic (exact) mass is 513 g/mol. The Balaban J connectivity index is 1.40. The van der Waals surface area contributed by atoms with Gasteiger partial charge in [-0.3, -0.25) is 9.78 Å². The largest absolute Gasteiger partial charge is 0.416 e. The van der Waals surface area contributed by atoms with Crippen LogP contribution in [-0.4, -0.2) is 51.0 Å². The van der Waals surface area contributed by atoms with Gasteiger partial charge in [0.15, 0.2) is 17.3 Å². The molecule has 0 bridgehead atoms. The summed E-state index contributed by atoms with van der Waals surface area (Å²) < 4.78 is 59.8. The number of nitrogens with zero attached hydrogens (tertiary/aromatic N) is 6. The van der Waals surface area contributed by atoms with Gasteiger partial charge in [-0.25, -0.2) is 14.1 Å². The predicted octanol–water partition coefficient (Wildman–Crippen LogP) is 3.82. The molecule has 4 aromatic rings. The molecule has 1 aliphatic heterocycles. The molecule has 1 aromatic carbocycles. The van der Waals surface area contributed by atoms with Crippen molar-refractivity contribution in [2.75, 3.05) is 36.5 Å². The van der Waals surface area contributed by atoms with Gasteiger partial charge < -0.3 is 15.0 Å². The van der Waals surface area contributed by atoms with Crippen molar-refractivity contribution in [1.29, 1.82) is 0 Å². The van der Waals surface area contributed by atoms with E-state index in [-0.39, 0.29) is 28.8 Å². The van der Waals surface area contributed by atoms with Crippen molar-refractivity contribution in [3.8, 4) is 17.3 Å². The average molecular weight is 513 g/mol. The van der Waals surface area contributed by atoms with E-state index in [9.17, 15) is 22.4 Å². The number of aromatic nitrogens is 5. The highest BCUT2D eigenvalue weighted by Gasteiger charge is 2.30. The van der Waals surface area contributed by atoms with Crippen molar-refractivity contribution in [1.82, 2.24) is 24.7 Å². The molecule has 0 radical (unpaired) electrons. The lowest BCUT2D eigenvalue weighted by atomic mass is 10.2. The molecule has 13 heteroatoms. The first kappa shape index (κ1) is 24.3. The molecule has 1 N–H and O–H groups in total. The summed E-state index contributed by atoms with van der Waals surface area (Å²) in [6.07, 6.45) is -0.681. The molecule has 5 rings (SSSR count). The summed E-state index contributed by atoms with van der Waals surface area (Å²) in [5.41, 5.74) is -0.336. The van der Waals surface area contributed by atoms with Gasteiger partial charge in [-0.2, -0.15) is 23.3 Å². The Hall–Kier alpha value is -4.39. The quantitative estimate of drug-likeness (QED) is 0.403. The standard InChI is InChI=1S/C24H19F4N7O2/c25-18-14-30-23(32-22(18)34-8-10-37-11-9-34)35-7-6-20(36)21(33-35)19-5-4-17(13-29-19)31-16-3-1-2-15(12-16)24(26,27)28/h1-7,12-14,31H,8-11H2. The molecule has 0 atom stereocenters. The number of rotatable bonds is 5. The minimum Gasteiger partial charge on any atom is -0.378 e. The molecule has 37 heavy (non-hydrogen) atoms. The molecular weight excluding hydrogens is 494 g/mol. The van der Waals surface area contributed by atoms with E-state index in [2.05, 4.69) is 25.4 Å². The number of ether oxygens (including phenoxy) is 1. The van der Waals surface area contributed by atoms with Crippen LogP contribution in [0.2, 0.25) is 0 Å². The van der Waals surface area contributed by atoms with Crippen LogP contribution in [0.1, 0.15) is 5.56 Å². The van der Waals surface area contributed by atoms with Gasteiger partial charge in [0, 0.05) is 31.0 Å². The Kier molecular flexibility index (Phi) is 6.53. The van der Waals surface area contributed by atoms with Gasteiger partial charge in [-0.15, -0.1) is 0 Å². The van der Waals surface area contributed by atoms with Crippen LogP contribution in [-0.2, 0) is 10.9 Å². The maximum Gasteiger partial charge on any atom is 0.416 e. The highest BCUT2D eigenvalue weighted by Crippen LogP contribution is 2.31. The molecule has 190 valence electrons. The van der Waals surface area contributed by atoms with Gasteiger partial charge in [0.25, 0.3) is 5.95 Å². The zero-order valence-electron chi connectivity index (χ0n) is 19.1. The van der Waals surface area contributed by atoms with Gasteiger partial charge in [-0.05, 0) is 30.3 Å². The molecule has 1 fully saturated rings. The number of nitrogens with one attached hydrogen (secondary N) is 1. The summed E-state index contributed by atoms with van der Waals surface area (Å²) in [6.45, 7) is 1.84. The number of benzene rings is 1. The molecule has 0 aliphatic carbocycles. The lowest BCUT2D eigenvalue weighted by Crippen LogP contribution is -2.37. The maximum absolute atomic E-state index is 14.4. The van der Waals surface area contributed by atoms with Crippen molar-refractivity contribution in [2.45, 2.75) is 6.18 Å². The Morgan fingerprint density at radius 2 is 1.78 bits per heavy atom. The average Bonchev–Trinajstić information content (AvgIpc) is 2.90. The molecule has 0 amide bonds.